The Hall–Kier alpha value is -2.28. The Morgan fingerprint density at radius 1 is 0.516 bits per heavy atom. The molecular formula is C47H82O15. The van der Waals surface area contributed by atoms with E-state index in [1.807, 2.05) is 0 Å². The number of hydrogen-bond acceptors (Lipinski definition) is 15. The number of allylic oxidation sites excluding steroid dienone is 6. The predicted molar refractivity (Wildman–Crippen MR) is 234 cm³/mol. The van der Waals surface area contributed by atoms with Gasteiger partial charge in [-0.15, -0.1) is 0 Å². The first-order chi connectivity index (χ1) is 30.0. The third kappa shape index (κ3) is 23.6. The summed E-state index contributed by atoms with van der Waals surface area (Å²) < 4.78 is 33.4. The van der Waals surface area contributed by atoms with Crippen LogP contribution in [0.3, 0.4) is 0 Å². The van der Waals surface area contributed by atoms with Gasteiger partial charge in [-0.2, -0.15) is 0 Å². The first kappa shape index (κ1) is 55.9. The Kier molecular flexibility index (Phi) is 31.6. The van der Waals surface area contributed by atoms with E-state index in [9.17, 15) is 45.3 Å². The van der Waals surface area contributed by atoms with E-state index in [4.69, 9.17) is 28.4 Å². The van der Waals surface area contributed by atoms with Gasteiger partial charge in [0.25, 0.3) is 0 Å². The summed E-state index contributed by atoms with van der Waals surface area (Å²) >= 11 is 0. The minimum Gasteiger partial charge on any atom is -0.462 e. The number of unbranched alkanes of at least 4 members (excludes halogenated alkanes) is 16. The van der Waals surface area contributed by atoms with Crippen LogP contribution in [0, 0.1) is 0 Å². The normalized spacial score (nSPS) is 27.4. The number of aliphatic hydroxyl groups excluding tert-OH is 7. The van der Waals surface area contributed by atoms with Crippen LogP contribution in [0.25, 0.3) is 0 Å². The van der Waals surface area contributed by atoms with Crippen LogP contribution in [0.15, 0.2) is 36.5 Å². The van der Waals surface area contributed by atoms with Gasteiger partial charge < -0.3 is 64.2 Å². The predicted octanol–water partition coefficient (Wildman–Crippen LogP) is 5.37. The lowest BCUT2D eigenvalue weighted by atomic mass is 9.98. The van der Waals surface area contributed by atoms with Gasteiger partial charge in [-0.1, -0.05) is 121 Å². The van der Waals surface area contributed by atoms with Crippen molar-refractivity contribution in [1.29, 1.82) is 0 Å². The number of carbonyl (C=O) groups excluding carboxylic acids is 2. The maximum atomic E-state index is 12.9. The van der Waals surface area contributed by atoms with Crippen molar-refractivity contribution in [1.82, 2.24) is 0 Å². The maximum Gasteiger partial charge on any atom is 0.306 e. The summed E-state index contributed by atoms with van der Waals surface area (Å²) in [6, 6.07) is 0. The minimum atomic E-state index is -1.77. The highest BCUT2D eigenvalue weighted by atomic mass is 16.7. The van der Waals surface area contributed by atoms with Crippen LogP contribution >= 0.6 is 0 Å². The van der Waals surface area contributed by atoms with E-state index in [1.54, 1.807) is 0 Å². The van der Waals surface area contributed by atoms with E-state index in [1.165, 1.54) is 38.5 Å². The Morgan fingerprint density at radius 2 is 0.984 bits per heavy atom. The van der Waals surface area contributed by atoms with Gasteiger partial charge in [-0.25, -0.2) is 0 Å². The summed E-state index contributed by atoms with van der Waals surface area (Å²) in [6.45, 7) is 2.48. The van der Waals surface area contributed by atoms with Crippen LogP contribution in [0.1, 0.15) is 155 Å². The molecule has 0 saturated carbocycles. The van der Waals surface area contributed by atoms with Crippen molar-refractivity contribution in [3.8, 4) is 0 Å². The molecular weight excluding hydrogens is 805 g/mol. The summed E-state index contributed by atoms with van der Waals surface area (Å²) in [4.78, 5) is 25.6. The number of carbonyl (C=O) groups is 2. The van der Waals surface area contributed by atoms with E-state index in [0.29, 0.717) is 12.8 Å². The summed E-state index contributed by atoms with van der Waals surface area (Å²) in [7, 11) is 0. The van der Waals surface area contributed by atoms with Gasteiger partial charge >= 0.3 is 11.9 Å². The molecule has 360 valence electrons. The first-order valence-corrected chi connectivity index (χ1v) is 23.6. The molecule has 2 saturated heterocycles. The molecule has 2 aliphatic rings. The zero-order valence-corrected chi connectivity index (χ0v) is 37.6. The third-order valence-electron chi connectivity index (χ3n) is 11.1. The lowest BCUT2D eigenvalue weighted by Gasteiger charge is -2.42. The third-order valence-corrected chi connectivity index (χ3v) is 11.1. The van der Waals surface area contributed by atoms with Crippen molar-refractivity contribution < 1.29 is 73.8 Å². The molecule has 4 unspecified atom stereocenters. The molecule has 15 heteroatoms. The van der Waals surface area contributed by atoms with Crippen LogP contribution in [-0.2, 0) is 38.0 Å². The van der Waals surface area contributed by atoms with E-state index >= 15 is 0 Å². The van der Waals surface area contributed by atoms with Crippen molar-refractivity contribution >= 4 is 11.9 Å². The molecule has 2 fully saturated rings. The zero-order chi connectivity index (χ0) is 45.4. The van der Waals surface area contributed by atoms with Crippen molar-refractivity contribution in [3.63, 3.8) is 0 Å². The van der Waals surface area contributed by atoms with Crippen LogP contribution in [0.5, 0.6) is 0 Å². The van der Waals surface area contributed by atoms with Crippen LogP contribution < -0.4 is 0 Å². The molecule has 15 nitrogen and oxygen atoms in total. The highest BCUT2D eigenvalue weighted by Gasteiger charge is 2.47. The van der Waals surface area contributed by atoms with E-state index in [2.05, 4.69) is 50.3 Å². The lowest BCUT2D eigenvalue weighted by molar-refractivity contribution is -0.332. The molecule has 2 aliphatic heterocycles. The molecule has 0 aliphatic carbocycles. The molecule has 0 spiro atoms. The van der Waals surface area contributed by atoms with Gasteiger partial charge in [0.1, 0.15) is 55.4 Å². The van der Waals surface area contributed by atoms with Gasteiger partial charge in [-0.3, -0.25) is 9.59 Å². The second-order valence-corrected chi connectivity index (χ2v) is 16.6. The van der Waals surface area contributed by atoms with Gasteiger partial charge in [0.05, 0.1) is 19.8 Å². The molecule has 0 aromatic rings. The largest absolute Gasteiger partial charge is 0.462 e. The smallest absolute Gasteiger partial charge is 0.306 e. The van der Waals surface area contributed by atoms with Crippen LogP contribution in [0.4, 0.5) is 0 Å². The van der Waals surface area contributed by atoms with Gasteiger partial charge in [0.15, 0.2) is 18.7 Å². The summed E-state index contributed by atoms with van der Waals surface area (Å²) in [6.07, 6.45) is 17.6. The average Bonchev–Trinajstić information content (AvgIpc) is 3.26. The standard InChI is InChI=1S/C47H82O15/c1-3-5-7-9-11-13-15-16-17-18-20-21-23-25-27-29-38(49)57-32-35(60-39(50)30-28-26-24-22-19-14-12-10-8-6-4-2)33-58-46-45(56)43(54)41(52)37(62-46)34-59-47-44(55)42(53)40(51)36(31-48)61-47/h10,12-13,15-17,35-37,40-48,51-56H,3-9,11,14,18-34H2,1-2H3/b12-10+,15-13+,17-16+/t35-,36-,37-,40+,41+,42?,43?,44?,45?,46-,47-/m1/s1. The maximum absolute atomic E-state index is 12.9. The van der Waals surface area contributed by atoms with Gasteiger partial charge in [0, 0.05) is 12.8 Å². The molecule has 2 rings (SSSR count). The molecule has 0 bridgehead atoms. The molecule has 0 aromatic heterocycles. The second-order valence-electron chi connectivity index (χ2n) is 16.6. The molecule has 7 N–H and O–H groups in total. The molecule has 0 aromatic carbocycles. The van der Waals surface area contributed by atoms with E-state index in [-0.39, 0.29) is 19.4 Å². The number of esters is 2. The highest BCUT2D eigenvalue weighted by Crippen LogP contribution is 2.26. The average molecular weight is 887 g/mol. The molecule has 11 atom stereocenters. The van der Waals surface area contributed by atoms with Crippen LogP contribution in [0.2, 0.25) is 0 Å². The van der Waals surface area contributed by atoms with Gasteiger partial charge in [-0.05, 0) is 57.8 Å². The minimum absolute atomic E-state index is 0.151. The van der Waals surface area contributed by atoms with Crippen molar-refractivity contribution in [2.75, 3.05) is 26.4 Å². The van der Waals surface area contributed by atoms with E-state index in [0.717, 1.165) is 77.0 Å². The fourth-order valence-electron chi connectivity index (χ4n) is 7.13. The quantitative estimate of drug-likeness (QED) is 0.0184. The topological polar surface area (TPSA) is 231 Å². The monoisotopic (exact) mass is 887 g/mol. The number of hydrogen-bond donors (Lipinski definition) is 7. The fourth-order valence-corrected chi connectivity index (χ4v) is 7.13. The molecule has 2 heterocycles. The number of ether oxygens (including phenoxy) is 6. The lowest BCUT2D eigenvalue weighted by Crippen LogP contribution is -2.61. The van der Waals surface area contributed by atoms with Crippen LogP contribution in [-0.4, -0.2) is 142 Å². The molecule has 0 radical (unpaired) electrons. The Morgan fingerprint density at radius 3 is 1.56 bits per heavy atom. The second kappa shape index (κ2) is 35.0. The van der Waals surface area contributed by atoms with Crippen molar-refractivity contribution in [2.45, 2.75) is 223 Å². The SMILES string of the molecule is CCCC/C=C/CCCCCCCC(=O)O[C@H](COC(=O)CCCCCCC/C=C/C=C/CCCCCC)CO[C@@H]1O[C@H](CO[C@@H]2O[C@H](CO)[C@H](O)C(O)C2O)[C@H](O)C(O)C1O. The number of aliphatic hydroxyl groups is 7. The van der Waals surface area contributed by atoms with Crippen molar-refractivity contribution in [2.24, 2.45) is 0 Å². The summed E-state index contributed by atoms with van der Waals surface area (Å²) in [5.41, 5.74) is 0. The molecule has 62 heavy (non-hydrogen) atoms. The Balaban J connectivity index is 1.85. The summed E-state index contributed by atoms with van der Waals surface area (Å²) in [5.74, 6) is -0.957. The Labute approximate surface area is 370 Å². The van der Waals surface area contributed by atoms with Gasteiger partial charge in [0.2, 0.25) is 0 Å². The van der Waals surface area contributed by atoms with Crippen molar-refractivity contribution in [3.05, 3.63) is 36.5 Å². The highest BCUT2D eigenvalue weighted by molar-refractivity contribution is 5.70. The van der Waals surface area contributed by atoms with E-state index < -0.39 is 99.3 Å². The molecule has 0 amide bonds. The number of rotatable bonds is 35. The first-order valence-electron chi connectivity index (χ1n) is 23.6. The summed E-state index contributed by atoms with van der Waals surface area (Å²) in [5, 5.41) is 71.9. The fraction of sp³-hybridized carbons (Fsp3) is 0.830. The Bertz CT molecular complexity index is 1230. The zero-order valence-electron chi connectivity index (χ0n) is 37.6.